The Balaban J connectivity index is 1.42. The number of para-hydroxylation sites is 1. The molecule has 2 aromatic carbocycles. The average molecular weight is 420 g/mol. The number of hydrogen-bond donors (Lipinski definition) is 1. The highest BCUT2D eigenvalue weighted by Gasteiger charge is 2.22. The maximum absolute atomic E-state index is 12.7. The first-order valence-electron chi connectivity index (χ1n) is 10.8. The smallest absolute Gasteiger partial charge is 0.290 e. The first-order valence-corrected chi connectivity index (χ1v) is 10.8. The summed E-state index contributed by atoms with van der Waals surface area (Å²) in [6.07, 6.45) is 1.37. The van der Waals surface area contributed by atoms with Crippen LogP contribution >= 0.6 is 0 Å². The molecule has 1 saturated heterocycles. The number of amides is 1. The molecule has 1 aliphatic heterocycles. The molecule has 3 aromatic rings. The highest BCUT2D eigenvalue weighted by Crippen LogP contribution is 2.21. The first kappa shape index (κ1) is 21.2. The molecule has 1 fully saturated rings. The van der Waals surface area contributed by atoms with Crippen molar-refractivity contribution in [3.63, 3.8) is 0 Å². The number of rotatable bonds is 7. The number of nitrogens with zero attached hydrogens (tertiary/aromatic N) is 4. The molecular formula is C24H29N5O2. The van der Waals surface area contributed by atoms with E-state index in [1.54, 1.807) is 4.68 Å². The van der Waals surface area contributed by atoms with Crippen molar-refractivity contribution in [2.75, 3.05) is 26.2 Å². The van der Waals surface area contributed by atoms with Crippen molar-refractivity contribution >= 4 is 5.91 Å². The van der Waals surface area contributed by atoms with E-state index in [1.165, 1.54) is 0 Å². The van der Waals surface area contributed by atoms with E-state index in [0.717, 1.165) is 37.3 Å². The van der Waals surface area contributed by atoms with Gasteiger partial charge in [-0.15, -0.1) is 5.10 Å². The molecule has 7 heteroatoms. The predicted molar refractivity (Wildman–Crippen MR) is 120 cm³/mol. The van der Waals surface area contributed by atoms with E-state index in [9.17, 15) is 4.79 Å². The van der Waals surface area contributed by atoms with Gasteiger partial charge < -0.3 is 10.1 Å². The molecule has 1 N–H and O–H groups in total. The minimum absolute atomic E-state index is 0.177. The lowest BCUT2D eigenvalue weighted by atomic mass is 10.2. The van der Waals surface area contributed by atoms with Crippen LogP contribution in [-0.2, 0) is 4.74 Å². The Morgan fingerprint density at radius 2 is 1.68 bits per heavy atom. The third kappa shape index (κ3) is 5.37. The van der Waals surface area contributed by atoms with E-state index in [-0.39, 0.29) is 23.9 Å². The molecule has 2 unspecified atom stereocenters. The van der Waals surface area contributed by atoms with E-state index < -0.39 is 0 Å². The van der Waals surface area contributed by atoms with Crippen molar-refractivity contribution in [2.45, 2.75) is 32.5 Å². The lowest BCUT2D eigenvalue weighted by Gasteiger charge is -2.35. The highest BCUT2D eigenvalue weighted by atomic mass is 16.5. The second-order valence-corrected chi connectivity index (χ2v) is 8.00. The summed E-state index contributed by atoms with van der Waals surface area (Å²) in [5.41, 5.74) is 1.77. The monoisotopic (exact) mass is 419 g/mol. The van der Waals surface area contributed by atoms with Gasteiger partial charge in [0, 0.05) is 31.7 Å². The van der Waals surface area contributed by atoms with E-state index in [4.69, 9.17) is 4.74 Å². The second kappa shape index (κ2) is 9.85. The Bertz CT molecular complexity index is 923. The van der Waals surface area contributed by atoms with Crippen LogP contribution in [0.3, 0.4) is 0 Å². The summed E-state index contributed by atoms with van der Waals surface area (Å²) < 4.78 is 7.50. The highest BCUT2D eigenvalue weighted by molar-refractivity contribution is 5.91. The summed E-state index contributed by atoms with van der Waals surface area (Å²) in [4.78, 5) is 19.7. The molecule has 1 aliphatic rings. The lowest BCUT2D eigenvalue weighted by molar-refractivity contribution is -0.0680. The molecule has 2 atom stereocenters. The van der Waals surface area contributed by atoms with Crippen molar-refractivity contribution < 1.29 is 9.53 Å². The van der Waals surface area contributed by atoms with E-state index in [0.29, 0.717) is 12.4 Å². The Hall–Kier alpha value is -3.03. The van der Waals surface area contributed by atoms with Gasteiger partial charge in [-0.1, -0.05) is 48.5 Å². The number of benzene rings is 2. The largest absolute Gasteiger partial charge is 0.373 e. The molecule has 162 valence electrons. The minimum Gasteiger partial charge on any atom is -0.373 e. The second-order valence-electron chi connectivity index (χ2n) is 8.00. The molecule has 0 bridgehead atoms. The maximum Gasteiger partial charge on any atom is 0.290 e. The van der Waals surface area contributed by atoms with E-state index in [2.05, 4.69) is 34.1 Å². The molecule has 7 nitrogen and oxygen atoms in total. The van der Waals surface area contributed by atoms with Crippen LogP contribution in [0.15, 0.2) is 60.7 Å². The van der Waals surface area contributed by atoms with Crippen LogP contribution in [0.5, 0.6) is 0 Å². The molecule has 0 aliphatic carbocycles. The third-order valence-corrected chi connectivity index (χ3v) is 5.27. The molecule has 4 rings (SSSR count). The number of nitrogens with one attached hydrogen (secondary N) is 1. The number of hydrogen-bond acceptors (Lipinski definition) is 5. The Kier molecular flexibility index (Phi) is 6.74. The molecule has 0 spiro atoms. The molecule has 0 radical (unpaired) electrons. The van der Waals surface area contributed by atoms with Gasteiger partial charge >= 0.3 is 0 Å². The molecule has 0 saturated carbocycles. The summed E-state index contributed by atoms with van der Waals surface area (Å²) >= 11 is 0. The van der Waals surface area contributed by atoms with Crippen molar-refractivity contribution in [1.82, 2.24) is 25.0 Å². The van der Waals surface area contributed by atoms with E-state index in [1.807, 2.05) is 60.7 Å². The van der Waals surface area contributed by atoms with Crippen LogP contribution in [0, 0.1) is 0 Å². The van der Waals surface area contributed by atoms with Crippen molar-refractivity contribution in [3.8, 4) is 17.1 Å². The molecule has 2 heterocycles. The molecule has 1 aromatic heterocycles. The van der Waals surface area contributed by atoms with Crippen LogP contribution in [0.4, 0.5) is 0 Å². The summed E-state index contributed by atoms with van der Waals surface area (Å²) in [6.45, 7) is 7.58. The predicted octanol–water partition coefficient (Wildman–Crippen LogP) is 3.16. The van der Waals surface area contributed by atoms with Gasteiger partial charge in [-0.05, 0) is 32.4 Å². The van der Waals surface area contributed by atoms with Gasteiger partial charge in [0.05, 0.1) is 17.9 Å². The maximum atomic E-state index is 12.7. The zero-order valence-electron chi connectivity index (χ0n) is 18.1. The number of carbonyl (C=O) groups is 1. The van der Waals surface area contributed by atoms with Crippen molar-refractivity contribution in [2.24, 2.45) is 0 Å². The minimum atomic E-state index is -0.254. The fraction of sp³-hybridized carbons (Fsp3) is 0.375. The number of aromatic nitrogens is 3. The van der Waals surface area contributed by atoms with Crippen LogP contribution in [0.1, 0.15) is 30.9 Å². The topological polar surface area (TPSA) is 72.3 Å². The van der Waals surface area contributed by atoms with Crippen LogP contribution < -0.4 is 5.32 Å². The summed E-state index contributed by atoms with van der Waals surface area (Å²) in [6, 6.07) is 19.5. The van der Waals surface area contributed by atoms with Gasteiger partial charge in [0.1, 0.15) is 0 Å². The fourth-order valence-electron chi connectivity index (χ4n) is 3.98. The zero-order valence-corrected chi connectivity index (χ0v) is 18.1. The fourth-order valence-corrected chi connectivity index (χ4v) is 3.98. The molecular weight excluding hydrogens is 390 g/mol. The van der Waals surface area contributed by atoms with Crippen LogP contribution in [-0.4, -0.2) is 64.0 Å². The van der Waals surface area contributed by atoms with Gasteiger partial charge in [0.2, 0.25) is 5.82 Å². The summed E-state index contributed by atoms with van der Waals surface area (Å²) in [7, 11) is 0. The standard InChI is InChI=1S/C24H29N5O2/c1-18-16-28(17-19(2)31-18)15-9-14-25-24(30)22-26-23(20-10-5-3-6-11-20)29(27-22)21-12-7-4-8-13-21/h3-8,10-13,18-19H,9,14-17H2,1-2H3,(H,25,30). The van der Waals surface area contributed by atoms with Crippen molar-refractivity contribution in [1.29, 1.82) is 0 Å². The average Bonchev–Trinajstić information content (AvgIpc) is 3.23. The number of morpholine rings is 1. The number of ether oxygens (including phenoxy) is 1. The first-order chi connectivity index (χ1) is 15.1. The van der Waals surface area contributed by atoms with Crippen molar-refractivity contribution in [3.05, 3.63) is 66.5 Å². The van der Waals surface area contributed by atoms with Gasteiger partial charge in [-0.2, -0.15) is 0 Å². The summed E-state index contributed by atoms with van der Waals surface area (Å²) in [5.74, 6) is 0.570. The third-order valence-electron chi connectivity index (χ3n) is 5.27. The normalized spacial score (nSPS) is 19.3. The van der Waals surface area contributed by atoms with Crippen LogP contribution in [0.25, 0.3) is 17.1 Å². The Morgan fingerprint density at radius 3 is 2.35 bits per heavy atom. The van der Waals surface area contributed by atoms with Gasteiger partial charge in [0.15, 0.2) is 5.82 Å². The SMILES string of the molecule is CC1CN(CCCNC(=O)c2nc(-c3ccccc3)n(-c3ccccc3)n2)CC(C)O1. The molecule has 1 amide bonds. The van der Waals surface area contributed by atoms with E-state index >= 15 is 0 Å². The van der Waals surface area contributed by atoms with Crippen LogP contribution in [0.2, 0.25) is 0 Å². The van der Waals surface area contributed by atoms with Gasteiger partial charge in [-0.25, -0.2) is 9.67 Å². The Morgan fingerprint density at radius 1 is 1.03 bits per heavy atom. The molecule has 31 heavy (non-hydrogen) atoms. The zero-order chi connectivity index (χ0) is 21.6. The van der Waals surface area contributed by atoms with Gasteiger partial charge in [-0.3, -0.25) is 9.69 Å². The number of carbonyl (C=O) groups excluding carboxylic acids is 1. The summed E-state index contributed by atoms with van der Waals surface area (Å²) in [5, 5.41) is 7.48. The Labute approximate surface area is 183 Å². The quantitative estimate of drug-likeness (QED) is 0.596. The van der Waals surface area contributed by atoms with Gasteiger partial charge in [0.25, 0.3) is 5.91 Å². The lowest BCUT2D eigenvalue weighted by Crippen LogP contribution is -2.46.